The summed E-state index contributed by atoms with van der Waals surface area (Å²) in [5.41, 5.74) is 1.18. The third kappa shape index (κ3) is 1.63. The number of halogens is 1. The first-order chi connectivity index (χ1) is 7.74. The van der Waals surface area contributed by atoms with Crippen molar-refractivity contribution < 1.29 is 9.90 Å². The molecule has 1 aliphatic carbocycles. The lowest BCUT2D eigenvalue weighted by molar-refractivity contribution is -0.133. The fourth-order valence-corrected chi connectivity index (χ4v) is 3.17. The average molecular weight is 255 g/mol. The van der Waals surface area contributed by atoms with Crippen LogP contribution in [0.15, 0.2) is 28.4 Å². The molecular formula is C12H15ClN2O2. The molecule has 1 spiro atoms. The van der Waals surface area contributed by atoms with Gasteiger partial charge in [-0.1, -0.05) is 0 Å². The molecule has 1 saturated heterocycles. The molecule has 0 radical (unpaired) electrons. The lowest BCUT2D eigenvalue weighted by Crippen LogP contribution is -2.51. The third-order valence-electron chi connectivity index (χ3n) is 3.93. The highest BCUT2D eigenvalue weighted by Gasteiger charge is 2.48. The Bertz CT molecular complexity index is 442. The molecule has 0 amide bonds. The van der Waals surface area contributed by atoms with E-state index < -0.39 is 5.97 Å². The van der Waals surface area contributed by atoms with Crippen molar-refractivity contribution in [1.29, 1.82) is 0 Å². The first-order valence-electron chi connectivity index (χ1n) is 5.67. The summed E-state index contributed by atoms with van der Waals surface area (Å²) in [4.78, 5) is 15.4. The normalized spacial score (nSPS) is 34.0. The quantitative estimate of drug-likeness (QED) is 0.746. The van der Waals surface area contributed by atoms with Crippen molar-refractivity contribution in [2.75, 3.05) is 6.54 Å². The lowest BCUT2D eigenvalue weighted by atomic mass is 9.70. The maximum Gasteiger partial charge on any atom is 0.331 e. The van der Waals surface area contributed by atoms with Gasteiger partial charge in [0.15, 0.2) is 0 Å². The smallest absolute Gasteiger partial charge is 0.331 e. The molecule has 3 aliphatic rings. The molecule has 1 fully saturated rings. The highest BCUT2D eigenvalue weighted by Crippen LogP contribution is 2.43. The van der Waals surface area contributed by atoms with Crippen LogP contribution in [0.1, 0.15) is 19.3 Å². The van der Waals surface area contributed by atoms with E-state index in [1.54, 1.807) is 6.20 Å². The number of rotatable bonds is 1. The van der Waals surface area contributed by atoms with Crippen molar-refractivity contribution in [1.82, 2.24) is 5.32 Å². The van der Waals surface area contributed by atoms with Crippen molar-refractivity contribution in [3.8, 4) is 0 Å². The van der Waals surface area contributed by atoms with Gasteiger partial charge in [-0.2, -0.15) is 0 Å². The van der Waals surface area contributed by atoms with Crippen LogP contribution in [0.25, 0.3) is 0 Å². The van der Waals surface area contributed by atoms with Gasteiger partial charge in [-0.15, -0.1) is 12.4 Å². The van der Waals surface area contributed by atoms with Gasteiger partial charge >= 0.3 is 5.97 Å². The third-order valence-corrected chi connectivity index (χ3v) is 3.93. The molecular weight excluding hydrogens is 240 g/mol. The van der Waals surface area contributed by atoms with E-state index >= 15 is 0 Å². The molecule has 3 rings (SSSR count). The molecule has 2 unspecified atom stereocenters. The molecule has 2 heterocycles. The van der Waals surface area contributed by atoms with Crippen molar-refractivity contribution in [2.45, 2.75) is 24.8 Å². The Balaban J connectivity index is 0.00000108. The van der Waals surface area contributed by atoms with Crippen LogP contribution in [-0.4, -0.2) is 29.4 Å². The van der Waals surface area contributed by atoms with Crippen molar-refractivity contribution >= 4 is 24.6 Å². The van der Waals surface area contributed by atoms with E-state index in [0.29, 0.717) is 17.9 Å². The molecule has 0 bridgehead atoms. The second kappa shape index (κ2) is 4.27. The minimum absolute atomic E-state index is 0. The highest BCUT2D eigenvalue weighted by atomic mass is 35.5. The Hall–Kier alpha value is -1.13. The van der Waals surface area contributed by atoms with Gasteiger partial charge in [0.25, 0.3) is 0 Å². The van der Waals surface area contributed by atoms with E-state index in [0.717, 1.165) is 25.0 Å². The van der Waals surface area contributed by atoms with E-state index in [-0.39, 0.29) is 17.9 Å². The van der Waals surface area contributed by atoms with Crippen LogP contribution in [0.5, 0.6) is 0 Å². The van der Waals surface area contributed by atoms with Gasteiger partial charge in [-0.3, -0.25) is 4.99 Å². The molecule has 2 aliphatic heterocycles. The van der Waals surface area contributed by atoms with Gasteiger partial charge in [-0.25, -0.2) is 4.79 Å². The van der Waals surface area contributed by atoms with Crippen molar-refractivity contribution in [3.63, 3.8) is 0 Å². The summed E-state index contributed by atoms with van der Waals surface area (Å²) in [5.74, 6) is -0.291. The number of hydrogen-bond donors (Lipinski definition) is 2. The van der Waals surface area contributed by atoms with Crippen LogP contribution < -0.4 is 5.32 Å². The Labute approximate surface area is 106 Å². The van der Waals surface area contributed by atoms with E-state index in [9.17, 15) is 9.90 Å². The van der Waals surface area contributed by atoms with E-state index in [1.807, 2.05) is 12.3 Å². The summed E-state index contributed by atoms with van der Waals surface area (Å²) in [6.07, 6.45) is 8.16. The SMILES string of the molecule is Cl.O=C(O)C1=C2C=CN=CC23NCCC3CC1. The second-order valence-electron chi connectivity index (χ2n) is 4.61. The first kappa shape index (κ1) is 12.3. The highest BCUT2D eigenvalue weighted by molar-refractivity contribution is 5.93. The van der Waals surface area contributed by atoms with Crippen LogP contribution >= 0.6 is 12.4 Å². The number of hydrogen-bond acceptors (Lipinski definition) is 3. The zero-order valence-corrected chi connectivity index (χ0v) is 10.2. The fourth-order valence-electron chi connectivity index (χ4n) is 3.17. The van der Waals surface area contributed by atoms with Crippen LogP contribution in [0.3, 0.4) is 0 Å². The number of carboxylic acid groups (broad SMARTS) is 1. The molecule has 0 aromatic carbocycles. The molecule has 0 saturated carbocycles. The Morgan fingerprint density at radius 3 is 3.12 bits per heavy atom. The molecule has 2 N–H and O–H groups in total. The Morgan fingerprint density at radius 1 is 1.53 bits per heavy atom. The van der Waals surface area contributed by atoms with Gasteiger partial charge in [0.1, 0.15) is 0 Å². The molecule has 0 aromatic rings. The van der Waals surface area contributed by atoms with Crippen LogP contribution in [-0.2, 0) is 4.79 Å². The topological polar surface area (TPSA) is 61.7 Å². The summed E-state index contributed by atoms with van der Waals surface area (Å²) in [5, 5.41) is 12.7. The van der Waals surface area contributed by atoms with E-state index in [2.05, 4.69) is 10.3 Å². The zero-order chi connectivity index (χ0) is 11.2. The monoisotopic (exact) mass is 254 g/mol. The maximum absolute atomic E-state index is 11.2. The average Bonchev–Trinajstić information content (AvgIpc) is 2.68. The summed E-state index contributed by atoms with van der Waals surface area (Å²) >= 11 is 0. The second-order valence-corrected chi connectivity index (χ2v) is 4.61. The summed E-state index contributed by atoms with van der Waals surface area (Å²) in [6.45, 7) is 0.945. The largest absolute Gasteiger partial charge is 0.478 e. The summed E-state index contributed by atoms with van der Waals surface area (Å²) in [6, 6.07) is 0. The molecule has 92 valence electrons. The van der Waals surface area contributed by atoms with E-state index in [1.165, 1.54) is 0 Å². The summed E-state index contributed by atoms with van der Waals surface area (Å²) < 4.78 is 0. The van der Waals surface area contributed by atoms with Crippen LogP contribution in [0.2, 0.25) is 0 Å². The number of carboxylic acids is 1. The Kier molecular flexibility index (Phi) is 3.10. The molecule has 0 aromatic heterocycles. The van der Waals surface area contributed by atoms with Gasteiger partial charge in [0, 0.05) is 18.0 Å². The van der Waals surface area contributed by atoms with Gasteiger partial charge in [0.2, 0.25) is 0 Å². The summed E-state index contributed by atoms with van der Waals surface area (Å²) in [7, 11) is 0. The standard InChI is InChI=1S/C12H14N2O2.ClH/c15-11(16)9-2-1-8-3-6-14-12(8)7-13-5-4-10(9)12;/h4-5,7-8,14H,1-3,6H2,(H,15,16);1H. The minimum Gasteiger partial charge on any atom is -0.478 e. The maximum atomic E-state index is 11.2. The van der Waals surface area contributed by atoms with Gasteiger partial charge in [-0.05, 0) is 43.4 Å². The predicted octanol–water partition coefficient (Wildman–Crippen LogP) is 1.53. The molecule has 5 heteroatoms. The van der Waals surface area contributed by atoms with Crippen LogP contribution in [0, 0.1) is 5.92 Å². The number of nitrogens with zero attached hydrogens (tertiary/aromatic N) is 1. The van der Waals surface area contributed by atoms with E-state index in [4.69, 9.17) is 0 Å². The van der Waals surface area contributed by atoms with Crippen molar-refractivity contribution in [2.24, 2.45) is 10.9 Å². The zero-order valence-electron chi connectivity index (χ0n) is 9.35. The van der Waals surface area contributed by atoms with Gasteiger partial charge < -0.3 is 10.4 Å². The molecule has 2 atom stereocenters. The van der Waals surface area contributed by atoms with Crippen molar-refractivity contribution in [3.05, 3.63) is 23.4 Å². The number of aliphatic carboxylic acids is 1. The first-order valence-corrected chi connectivity index (χ1v) is 5.67. The minimum atomic E-state index is -0.790. The number of nitrogens with one attached hydrogen (secondary N) is 1. The predicted molar refractivity (Wildman–Crippen MR) is 67.6 cm³/mol. The molecule has 17 heavy (non-hydrogen) atoms. The molecule has 4 nitrogen and oxygen atoms in total. The number of aliphatic imine (C=N–C) groups is 1. The van der Waals surface area contributed by atoms with Crippen LogP contribution in [0.4, 0.5) is 0 Å². The fraction of sp³-hybridized carbons (Fsp3) is 0.500. The lowest BCUT2D eigenvalue weighted by Gasteiger charge is -2.39. The Morgan fingerprint density at radius 2 is 2.35 bits per heavy atom. The van der Waals surface area contributed by atoms with Gasteiger partial charge in [0.05, 0.1) is 5.54 Å². The number of carbonyl (C=O) groups is 1.